The van der Waals surface area contributed by atoms with Gasteiger partial charge in [-0.15, -0.1) is 0 Å². The first-order valence-electron chi connectivity index (χ1n) is 7.19. The van der Waals surface area contributed by atoms with Crippen molar-refractivity contribution >= 4 is 21.8 Å². The highest BCUT2D eigenvalue weighted by atomic mass is 32.2. The largest absolute Gasteiger partial charge is 0.464 e. The Morgan fingerprint density at radius 2 is 2.14 bits per heavy atom. The predicted molar refractivity (Wildman–Crippen MR) is 88.2 cm³/mol. The molecule has 5 nitrogen and oxygen atoms in total. The lowest BCUT2D eigenvalue weighted by molar-refractivity contribution is 0.457. The minimum absolute atomic E-state index is 0.243. The number of thioether (sulfide) groups is 1. The summed E-state index contributed by atoms with van der Waals surface area (Å²) in [5, 5.41) is 3.20. The standard InChI is InChI=1S/C14H26N2O3S2/c1-5-6-15-9-13-7-14(12(3)19-13)21(17,18)16-8-11(2)10-20-4/h7,11,15-16H,5-6,8-10H2,1-4H3. The van der Waals surface area contributed by atoms with E-state index in [0.29, 0.717) is 30.5 Å². The van der Waals surface area contributed by atoms with E-state index < -0.39 is 10.0 Å². The maximum atomic E-state index is 12.3. The highest BCUT2D eigenvalue weighted by Crippen LogP contribution is 2.20. The van der Waals surface area contributed by atoms with Crippen LogP contribution in [0.15, 0.2) is 15.4 Å². The van der Waals surface area contributed by atoms with Crippen LogP contribution in [0.2, 0.25) is 0 Å². The Kier molecular flexibility index (Phi) is 7.79. The van der Waals surface area contributed by atoms with E-state index in [2.05, 4.69) is 17.0 Å². The zero-order valence-electron chi connectivity index (χ0n) is 13.2. The van der Waals surface area contributed by atoms with Gasteiger partial charge in [-0.1, -0.05) is 13.8 Å². The SMILES string of the molecule is CCCNCc1cc(S(=O)(=O)NCC(C)CSC)c(C)o1. The van der Waals surface area contributed by atoms with E-state index in [1.165, 1.54) is 0 Å². The average Bonchev–Trinajstić information content (AvgIpc) is 2.79. The normalized spacial score (nSPS) is 13.5. The van der Waals surface area contributed by atoms with Gasteiger partial charge in [0.15, 0.2) is 0 Å². The molecule has 0 amide bonds. The summed E-state index contributed by atoms with van der Waals surface area (Å²) in [4.78, 5) is 0.243. The number of aryl methyl sites for hydroxylation is 1. The second-order valence-corrected chi connectivity index (χ2v) is 7.87. The van der Waals surface area contributed by atoms with E-state index in [4.69, 9.17) is 4.42 Å². The number of sulfonamides is 1. The van der Waals surface area contributed by atoms with Crippen LogP contribution in [0.1, 0.15) is 31.8 Å². The lowest BCUT2D eigenvalue weighted by Gasteiger charge is -2.11. The van der Waals surface area contributed by atoms with Crippen molar-refractivity contribution in [3.05, 3.63) is 17.6 Å². The molecule has 7 heteroatoms. The van der Waals surface area contributed by atoms with Gasteiger partial charge in [-0.3, -0.25) is 0 Å². The minimum Gasteiger partial charge on any atom is -0.464 e. The van der Waals surface area contributed by atoms with Crippen molar-refractivity contribution in [3.8, 4) is 0 Å². The molecule has 0 aromatic carbocycles. The van der Waals surface area contributed by atoms with Crippen LogP contribution in [0.4, 0.5) is 0 Å². The van der Waals surface area contributed by atoms with Crippen LogP contribution in [-0.4, -0.2) is 33.5 Å². The van der Waals surface area contributed by atoms with Crippen LogP contribution in [0.25, 0.3) is 0 Å². The predicted octanol–water partition coefficient (Wildman–Crippen LogP) is 2.37. The van der Waals surface area contributed by atoms with Crippen molar-refractivity contribution in [1.29, 1.82) is 0 Å². The van der Waals surface area contributed by atoms with Gasteiger partial charge in [-0.25, -0.2) is 13.1 Å². The van der Waals surface area contributed by atoms with Gasteiger partial charge < -0.3 is 9.73 Å². The molecular formula is C14H26N2O3S2. The molecule has 0 saturated carbocycles. The minimum atomic E-state index is -3.49. The highest BCUT2D eigenvalue weighted by molar-refractivity contribution is 7.98. The summed E-state index contributed by atoms with van der Waals surface area (Å²) in [7, 11) is -3.49. The molecule has 1 rings (SSSR count). The van der Waals surface area contributed by atoms with Crippen LogP contribution in [0.5, 0.6) is 0 Å². The molecule has 1 aromatic heterocycles. The molecule has 1 unspecified atom stereocenters. The topological polar surface area (TPSA) is 71.3 Å². The Hall–Kier alpha value is -0.500. The van der Waals surface area contributed by atoms with Gasteiger partial charge in [0, 0.05) is 12.6 Å². The Labute approximate surface area is 132 Å². The Morgan fingerprint density at radius 1 is 1.43 bits per heavy atom. The van der Waals surface area contributed by atoms with Crippen LogP contribution >= 0.6 is 11.8 Å². The number of furan rings is 1. The Morgan fingerprint density at radius 3 is 2.76 bits per heavy atom. The Balaban J connectivity index is 2.69. The van der Waals surface area contributed by atoms with Crippen molar-refractivity contribution < 1.29 is 12.8 Å². The quantitative estimate of drug-likeness (QED) is 0.643. The average molecular weight is 335 g/mol. The van der Waals surface area contributed by atoms with E-state index in [9.17, 15) is 8.42 Å². The first-order valence-corrected chi connectivity index (χ1v) is 10.1. The number of rotatable bonds is 10. The summed E-state index contributed by atoms with van der Waals surface area (Å²) in [6.07, 6.45) is 3.04. The van der Waals surface area contributed by atoms with Gasteiger partial charge in [-0.05, 0) is 37.8 Å². The lowest BCUT2D eigenvalue weighted by atomic mass is 10.2. The molecule has 2 N–H and O–H groups in total. The van der Waals surface area contributed by atoms with E-state index in [0.717, 1.165) is 18.7 Å². The fourth-order valence-electron chi connectivity index (χ4n) is 1.94. The fourth-order valence-corrected chi connectivity index (χ4v) is 3.99. The van der Waals surface area contributed by atoms with Crippen LogP contribution in [0, 0.1) is 12.8 Å². The van der Waals surface area contributed by atoms with Crippen LogP contribution in [-0.2, 0) is 16.6 Å². The molecule has 1 atom stereocenters. The van der Waals surface area contributed by atoms with Gasteiger partial charge in [0.1, 0.15) is 16.4 Å². The monoisotopic (exact) mass is 334 g/mol. The summed E-state index contributed by atoms with van der Waals surface area (Å²) < 4.78 is 32.8. The highest BCUT2D eigenvalue weighted by Gasteiger charge is 2.21. The Bertz CT molecular complexity index is 526. The molecule has 0 bridgehead atoms. The molecule has 1 aromatic rings. The maximum Gasteiger partial charge on any atom is 0.244 e. The molecule has 0 aliphatic carbocycles. The van der Waals surface area contributed by atoms with Gasteiger partial charge in [0.25, 0.3) is 0 Å². The number of hydrogen-bond donors (Lipinski definition) is 2. The number of hydrogen-bond acceptors (Lipinski definition) is 5. The molecule has 0 fully saturated rings. The smallest absolute Gasteiger partial charge is 0.244 e. The molecule has 21 heavy (non-hydrogen) atoms. The molecule has 0 aliphatic rings. The zero-order valence-corrected chi connectivity index (χ0v) is 14.9. The van der Waals surface area contributed by atoms with Crippen LogP contribution < -0.4 is 10.0 Å². The van der Waals surface area contributed by atoms with Gasteiger partial charge in [0.2, 0.25) is 10.0 Å². The molecule has 0 spiro atoms. The third kappa shape index (κ3) is 6.02. The summed E-state index contributed by atoms with van der Waals surface area (Å²) in [5.41, 5.74) is 0. The molecule has 0 radical (unpaired) electrons. The van der Waals surface area contributed by atoms with Gasteiger partial charge in [-0.2, -0.15) is 11.8 Å². The first kappa shape index (κ1) is 18.5. The molecule has 0 aliphatic heterocycles. The number of nitrogens with one attached hydrogen (secondary N) is 2. The van der Waals surface area contributed by atoms with Crippen molar-refractivity contribution in [1.82, 2.24) is 10.0 Å². The van der Waals surface area contributed by atoms with Crippen molar-refractivity contribution in [3.63, 3.8) is 0 Å². The summed E-state index contributed by atoms with van der Waals surface area (Å²) in [6, 6.07) is 1.61. The first-order chi connectivity index (χ1) is 9.90. The lowest BCUT2D eigenvalue weighted by Crippen LogP contribution is -2.29. The van der Waals surface area contributed by atoms with E-state index in [1.54, 1.807) is 24.8 Å². The second kappa shape index (κ2) is 8.82. The van der Waals surface area contributed by atoms with E-state index >= 15 is 0 Å². The van der Waals surface area contributed by atoms with Gasteiger partial charge in [0.05, 0.1) is 6.54 Å². The van der Waals surface area contributed by atoms with Crippen molar-refractivity contribution in [2.45, 2.75) is 38.6 Å². The summed E-state index contributed by atoms with van der Waals surface area (Å²) in [6.45, 7) is 7.66. The van der Waals surface area contributed by atoms with E-state index in [-0.39, 0.29) is 4.90 Å². The third-order valence-electron chi connectivity index (χ3n) is 3.01. The molecule has 1 heterocycles. The van der Waals surface area contributed by atoms with Gasteiger partial charge >= 0.3 is 0 Å². The van der Waals surface area contributed by atoms with Crippen molar-refractivity contribution in [2.75, 3.05) is 25.1 Å². The van der Waals surface area contributed by atoms with Crippen molar-refractivity contribution in [2.24, 2.45) is 5.92 Å². The summed E-state index contributed by atoms with van der Waals surface area (Å²) in [5.74, 6) is 2.32. The zero-order chi connectivity index (χ0) is 15.9. The molecular weight excluding hydrogens is 308 g/mol. The molecule has 0 saturated heterocycles. The van der Waals surface area contributed by atoms with E-state index in [1.807, 2.05) is 13.2 Å². The molecule has 122 valence electrons. The maximum absolute atomic E-state index is 12.3. The second-order valence-electron chi connectivity index (χ2n) is 5.22. The summed E-state index contributed by atoms with van der Waals surface area (Å²) >= 11 is 1.71. The fraction of sp³-hybridized carbons (Fsp3) is 0.714. The van der Waals surface area contributed by atoms with Crippen LogP contribution in [0.3, 0.4) is 0 Å². The third-order valence-corrected chi connectivity index (χ3v) is 5.45.